The molecular weight excluding hydrogens is 292 g/mol. The van der Waals surface area contributed by atoms with Gasteiger partial charge in [-0.25, -0.2) is 0 Å². The molecule has 0 saturated carbocycles. The van der Waals surface area contributed by atoms with Gasteiger partial charge in [-0.15, -0.1) is 0 Å². The van der Waals surface area contributed by atoms with Crippen LogP contribution in [0.1, 0.15) is 30.4 Å². The van der Waals surface area contributed by atoms with Crippen molar-refractivity contribution in [1.29, 1.82) is 0 Å². The summed E-state index contributed by atoms with van der Waals surface area (Å²) < 4.78 is 0. The van der Waals surface area contributed by atoms with E-state index in [1.54, 1.807) is 6.07 Å². The highest BCUT2D eigenvalue weighted by molar-refractivity contribution is 6.34. The number of imide groups is 1. The minimum absolute atomic E-state index is 0.0706. The zero-order chi connectivity index (χ0) is 15.6. The summed E-state index contributed by atoms with van der Waals surface area (Å²) in [5.41, 5.74) is 2.47. The molecule has 1 fully saturated rings. The van der Waals surface area contributed by atoms with Gasteiger partial charge in [0.15, 0.2) is 0 Å². The smallest absolute Gasteiger partial charge is 0.229 e. The van der Waals surface area contributed by atoms with Crippen molar-refractivity contribution in [1.82, 2.24) is 4.90 Å². The predicted molar refractivity (Wildman–Crippen MR) is 80.1 cm³/mol. The van der Waals surface area contributed by atoms with E-state index in [-0.39, 0.29) is 43.5 Å². The van der Waals surface area contributed by atoms with Crippen LogP contribution in [0.5, 0.6) is 0 Å². The topological polar surface area (TPSA) is 66.5 Å². The summed E-state index contributed by atoms with van der Waals surface area (Å²) in [4.78, 5) is 36.0. The van der Waals surface area contributed by atoms with E-state index in [1.807, 2.05) is 19.9 Å². The molecule has 0 unspecified atom stereocenters. The largest absolute Gasteiger partial charge is 0.324 e. The number of halogens is 1. The number of amides is 3. The molecule has 1 saturated heterocycles. The van der Waals surface area contributed by atoms with E-state index in [0.717, 1.165) is 16.0 Å². The Bertz CT molecular complexity index is 574. The number of hydrogen-bond acceptors (Lipinski definition) is 3. The van der Waals surface area contributed by atoms with Crippen molar-refractivity contribution in [2.75, 3.05) is 11.9 Å². The number of nitrogens with zero attached hydrogens (tertiary/aromatic N) is 1. The monoisotopic (exact) mass is 308 g/mol. The maximum absolute atomic E-state index is 12.0. The van der Waals surface area contributed by atoms with Gasteiger partial charge >= 0.3 is 0 Å². The van der Waals surface area contributed by atoms with Crippen molar-refractivity contribution in [2.45, 2.75) is 33.1 Å². The fourth-order valence-electron chi connectivity index (χ4n) is 2.36. The maximum atomic E-state index is 12.0. The molecule has 5 nitrogen and oxygen atoms in total. The highest BCUT2D eigenvalue weighted by Gasteiger charge is 2.28. The fraction of sp³-hybridized carbons (Fsp3) is 0.400. The van der Waals surface area contributed by atoms with E-state index in [9.17, 15) is 14.4 Å². The highest BCUT2D eigenvalue weighted by atomic mass is 35.5. The van der Waals surface area contributed by atoms with Crippen molar-refractivity contribution in [3.63, 3.8) is 0 Å². The van der Waals surface area contributed by atoms with E-state index in [0.29, 0.717) is 10.7 Å². The number of benzene rings is 1. The minimum Gasteiger partial charge on any atom is -0.324 e. The quantitative estimate of drug-likeness (QED) is 0.869. The number of rotatable bonds is 4. The second-order valence-corrected chi connectivity index (χ2v) is 5.58. The molecule has 1 aromatic rings. The van der Waals surface area contributed by atoms with Gasteiger partial charge in [-0.1, -0.05) is 17.7 Å². The van der Waals surface area contributed by atoms with Crippen LogP contribution in [-0.2, 0) is 14.4 Å². The number of nitrogens with one attached hydrogen (secondary N) is 1. The molecule has 0 spiro atoms. The van der Waals surface area contributed by atoms with Gasteiger partial charge in [-0.3, -0.25) is 19.3 Å². The highest BCUT2D eigenvalue weighted by Crippen LogP contribution is 2.27. The summed E-state index contributed by atoms with van der Waals surface area (Å²) in [6.07, 6.45) is 0.549. The minimum atomic E-state index is -0.267. The van der Waals surface area contributed by atoms with E-state index in [4.69, 9.17) is 11.6 Å². The average Bonchev–Trinajstić information content (AvgIpc) is 2.71. The van der Waals surface area contributed by atoms with Crippen LogP contribution >= 0.6 is 11.6 Å². The lowest BCUT2D eigenvalue weighted by Crippen LogP contribution is -2.32. The Kier molecular flexibility index (Phi) is 4.63. The van der Waals surface area contributed by atoms with Gasteiger partial charge in [0.25, 0.3) is 0 Å². The number of aryl methyl sites for hydroxylation is 2. The van der Waals surface area contributed by atoms with Gasteiger partial charge < -0.3 is 5.32 Å². The van der Waals surface area contributed by atoms with E-state index in [2.05, 4.69) is 5.32 Å². The van der Waals surface area contributed by atoms with Gasteiger partial charge in [-0.2, -0.15) is 0 Å². The molecule has 6 heteroatoms. The van der Waals surface area contributed by atoms with E-state index >= 15 is 0 Å². The molecular formula is C15H17ClN2O3. The molecule has 1 N–H and O–H groups in total. The van der Waals surface area contributed by atoms with Gasteiger partial charge in [0.2, 0.25) is 17.7 Å². The van der Waals surface area contributed by atoms with E-state index < -0.39 is 0 Å². The third-order valence-corrected chi connectivity index (χ3v) is 3.71. The van der Waals surface area contributed by atoms with Crippen molar-refractivity contribution in [3.05, 3.63) is 28.3 Å². The standard InChI is InChI=1S/C15H17ClN2O3/c1-9-7-10(2)15(11(16)8-9)17-12(19)5-6-18-13(20)3-4-14(18)21/h7-8H,3-6H2,1-2H3,(H,17,19). The zero-order valence-corrected chi connectivity index (χ0v) is 12.8. The Hall–Kier alpha value is -1.88. The summed E-state index contributed by atoms with van der Waals surface area (Å²) in [6, 6.07) is 3.70. The Morgan fingerprint density at radius 1 is 1.24 bits per heavy atom. The van der Waals surface area contributed by atoms with Crippen LogP contribution in [0.2, 0.25) is 5.02 Å². The summed E-state index contributed by atoms with van der Waals surface area (Å²) in [6.45, 7) is 3.91. The Balaban J connectivity index is 1.96. The zero-order valence-electron chi connectivity index (χ0n) is 12.0. The average molecular weight is 309 g/mol. The number of carbonyl (C=O) groups excluding carboxylic acids is 3. The SMILES string of the molecule is Cc1cc(C)c(NC(=O)CCN2C(=O)CCC2=O)c(Cl)c1. The fourth-order valence-corrected chi connectivity index (χ4v) is 2.73. The van der Waals surface area contributed by atoms with Crippen LogP contribution < -0.4 is 5.32 Å². The van der Waals surface area contributed by atoms with Crippen LogP contribution in [0.3, 0.4) is 0 Å². The summed E-state index contributed by atoms with van der Waals surface area (Å²) >= 11 is 6.12. The number of carbonyl (C=O) groups is 3. The molecule has 0 atom stereocenters. The molecule has 1 aliphatic rings. The number of likely N-dealkylation sites (tertiary alicyclic amines) is 1. The summed E-state index contributed by atoms with van der Waals surface area (Å²) in [5.74, 6) is -0.689. The van der Waals surface area contributed by atoms with Crippen LogP contribution in [0.25, 0.3) is 0 Å². The van der Waals surface area contributed by atoms with Crippen molar-refractivity contribution < 1.29 is 14.4 Å². The van der Waals surface area contributed by atoms with E-state index in [1.165, 1.54) is 0 Å². The second-order valence-electron chi connectivity index (χ2n) is 5.18. The molecule has 3 amide bonds. The second kappa shape index (κ2) is 6.26. The Labute approximate surface area is 128 Å². The molecule has 0 radical (unpaired) electrons. The predicted octanol–water partition coefficient (Wildman–Crippen LogP) is 2.43. The van der Waals surface area contributed by atoms with Crippen LogP contribution in [0, 0.1) is 13.8 Å². The third kappa shape index (κ3) is 3.61. The Morgan fingerprint density at radius 3 is 2.43 bits per heavy atom. The maximum Gasteiger partial charge on any atom is 0.229 e. The molecule has 1 heterocycles. The first-order valence-corrected chi connectivity index (χ1v) is 7.16. The normalized spacial score (nSPS) is 14.7. The number of anilines is 1. The molecule has 2 rings (SSSR count). The van der Waals surface area contributed by atoms with Gasteiger partial charge in [0.05, 0.1) is 10.7 Å². The lowest BCUT2D eigenvalue weighted by Gasteiger charge is -2.15. The molecule has 21 heavy (non-hydrogen) atoms. The third-order valence-electron chi connectivity index (χ3n) is 3.41. The molecule has 1 aromatic carbocycles. The first-order valence-electron chi connectivity index (χ1n) is 6.78. The molecule has 0 aromatic heterocycles. The number of hydrogen-bond donors (Lipinski definition) is 1. The first kappa shape index (κ1) is 15.5. The molecule has 1 aliphatic heterocycles. The van der Waals surface area contributed by atoms with Gasteiger partial charge in [-0.05, 0) is 31.0 Å². The lowest BCUT2D eigenvalue weighted by atomic mass is 10.1. The van der Waals surface area contributed by atoms with Crippen LogP contribution in [-0.4, -0.2) is 29.2 Å². The first-order chi connectivity index (χ1) is 9.88. The summed E-state index contributed by atoms with van der Waals surface area (Å²) in [7, 11) is 0. The van der Waals surface area contributed by atoms with Crippen molar-refractivity contribution in [2.24, 2.45) is 0 Å². The lowest BCUT2D eigenvalue weighted by molar-refractivity contribution is -0.138. The molecule has 0 aliphatic carbocycles. The van der Waals surface area contributed by atoms with Crippen LogP contribution in [0.15, 0.2) is 12.1 Å². The van der Waals surface area contributed by atoms with Gasteiger partial charge in [0, 0.05) is 25.8 Å². The van der Waals surface area contributed by atoms with Crippen LogP contribution in [0.4, 0.5) is 5.69 Å². The van der Waals surface area contributed by atoms with Gasteiger partial charge in [0.1, 0.15) is 0 Å². The molecule has 112 valence electrons. The Morgan fingerprint density at radius 2 is 1.86 bits per heavy atom. The summed E-state index contributed by atoms with van der Waals surface area (Å²) in [5, 5.41) is 3.22. The van der Waals surface area contributed by atoms with Crippen molar-refractivity contribution in [3.8, 4) is 0 Å². The van der Waals surface area contributed by atoms with Crippen molar-refractivity contribution >= 4 is 35.0 Å². The molecule has 0 bridgehead atoms.